The van der Waals surface area contributed by atoms with Crippen LogP contribution in [0.3, 0.4) is 0 Å². The highest BCUT2D eigenvalue weighted by atomic mass is 35.5. The van der Waals surface area contributed by atoms with E-state index in [9.17, 15) is 4.79 Å². The summed E-state index contributed by atoms with van der Waals surface area (Å²) in [5.74, 6) is 0.904. The molecular formula is C22H26Cl2N2O2. The van der Waals surface area contributed by atoms with E-state index in [1.54, 1.807) is 13.2 Å². The highest BCUT2D eigenvalue weighted by Crippen LogP contribution is 2.25. The molecule has 0 radical (unpaired) electrons. The smallest absolute Gasteiger partial charge is 0.224 e. The van der Waals surface area contributed by atoms with Crippen LogP contribution < -0.4 is 10.1 Å². The van der Waals surface area contributed by atoms with Crippen LogP contribution in [-0.2, 0) is 11.3 Å². The number of carbonyl (C=O) groups is 1. The highest BCUT2D eigenvalue weighted by molar-refractivity contribution is 6.35. The Balaban J connectivity index is 1.57. The minimum absolute atomic E-state index is 0.0134. The lowest BCUT2D eigenvalue weighted by Gasteiger charge is -2.32. The molecule has 1 aliphatic rings. The predicted molar refractivity (Wildman–Crippen MR) is 114 cm³/mol. The molecule has 1 amide bonds. The summed E-state index contributed by atoms with van der Waals surface area (Å²) < 4.78 is 5.19. The van der Waals surface area contributed by atoms with Gasteiger partial charge in [0.1, 0.15) is 5.75 Å². The van der Waals surface area contributed by atoms with E-state index in [-0.39, 0.29) is 17.9 Å². The number of benzene rings is 2. The number of amides is 1. The van der Waals surface area contributed by atoms with Crippen molar-refractivity contribution in [2.45, 2.75) is 32.4 Å². The van der Waals surface area contributed by atoms with Crippen molar-refractivity contribution in [2.24, 2.45) is 5.92 Å². The van der Waals surface area contributed by atoms with Crippen molar-refractivity contribution in [3.63, 3.8) is 0 Å². The van der Waals surface area contributed by atoms with Gasteiger partial charge in [0.25, 0.3) is 0 Å². The maximum atomic E-state index is 12.8. The molecule has 1 fully saturated rings. The van der Waals surface area contributed by atoms with Gasteiger partial charge in [-0.05, 0) is 61.7 Å². The van der Waals surface area contributed by atoms with E-state index in [0.717, 1.165) is 49.4 Å². The number of methoxy groups -OCH3 is 1. The van der Waals surface area contributed by atoms with Crippen molar-refractivity contribution in [1.29, 1.82) is 0 Å². The quantitative estimate of drug-likeness (QED) is 0.707. The Morgan fingerprint density at radius 1 is 1.25 bits per heavy atom. The van der Waals surface area contributed by atoms with Crippen molar-refractivity contribution in [1.82, 2.24) is 10.2 Å². The first-order chi connectivity index (χ1) is 13.5. The third-order valence-electron chi connectivity index (χ3n) is 5.26. The Kier molecular flexibility index (Phi) is 7.22. The number of ether oxygens (including phenoxy) is 1. The van der Waals surface area contributed by atoms with Crippen LogP contribution in [0, 0.1) is 5.92 Å². The Morgan fingerprint density at radius 2 is 2.00 bits per heavy atom. The molecule has 2 atom stereocenters. The molecule has 0 bridgehead atoms. The average molecular weight is 421 g/mol. The van der Waals surface area contributed by atoms with E-state index >= 15 is 0 Å². The van der Waals surface area contributed by atoms with E-state index in [1.807, 2.05) is 43.3 Å². The second-order valence-electron chi connectivity index (χ2n) is 7.31. The summed E-state index contributed by atoms with van der Waals surface area (Å²) in [7, 11) is 1.65. The molecule has 0 spiro atoms. The summed E-state index contributed by atoms with van der Waals surface area (Å²) >= 11 is 12.3. The molecular weight excluding hydrogens is 395 g/mol. The molecule has 2 aromatic carbocycles. The van der Waals surface area contributed by atoms with Crippen LogP contribution >= 0.6 is 23.2 Å². The number of piperidine rings is 1. The van der Waals surface area contributed by atoms with Gasteiger partial charge >= 0.3 is 0 Å². The first kappa shape index (κ1) is 21.0. The first-order valence-electron chi connectivity index (χ1n) is 9.57. The van der Waals surface area contributed by atoms with Crippen LogP contribution in [0.25, 0.3) is 0 Å². The Morgan fingerprint density at radius 3 is 2.68 bits per heavy atom. The molecule has 1 saturated heterocycles. The SMILES string of the molecule is COc1ccc([C@@H](C)NC(=O)[C@@H]2CCCN(Cc3ccc(Cl)cc3Cl)C2)cc1. The lowest BCUT2D eigenvalue weighted by atomic mass is 9.96. The number of nitrogens with one attached hydrogen (secondary N) is 1. The molecule has 2 aromatic rings. The number of hydrogen-bond donors (Lipinski definition) is 1. The summed E-state index contributed by atoms with van der Waals surface area (Å²) in [4.78, 5) is 15.1. The minimum atomic E-state index is -0.0421. The molecule has 150 valence electrons. The van der Waals surface area contributed by atoms with E-state index in [1.165, 1.54) is 0 Å². The molecule has 0 aromatic heterocycles. The summed E-state index contributed by atoms with van der Waals surface area (Å²) in [6, 6.07) is 13.3. The van der Waals surface area contributed by atoms with Crippen molar-refractivity contribution >= 4 is 29.1 Å². The average Bonchev–Trinajstić information content (AvgIpc) is 2.70. The van der Waals surface area contributed by atoms with Gasteiger partial charge in [-0.1, -0.05) is 41.4 Å². The molecule has 0 unspecified atom stereocenters. The monoisotopic (exact) mass is 420 g/mol. The third-order valence-corrected chi connectivity index (χ3v) is 5.85. The van der Waals surface area contributed by atoms with Crippen LogP contribution in [0.4, 0.5) is 0 Å². The van der Waals surface area contributed by atoms with Gasteiger partial charge in [0.05, 0.1) is 19.1 Å². The van der Waals surface area contributed by atoms with Gasteiger partial charge < -0.3 is 10.1 Å². The molecule has 3 rings (SSSR count). The summed E-state index contributed by atoms with van der Waals surface area (Å²) in [5, 5.41) is 4.47. The van der Waals surface area contributed by atoms with Gasteiger partial charge in [0.15, 0.2) is 0 Å². The molecule has 1 N–H and O–H groups in total. The maximum absolute atomic E-state index is 12.8. The summed E-state index contributed by atoms with van der Waals surface area (Å²) in [6.07, 6.45) is 1.91. The fourth-order valence-corrected chi connectivity index (χ4v) is 4.08. The molecule has 4 nitrogen and oxygen atoms in total. The van der Waals surface area contributed by atoms with Gasteiger partial charge in [-0.25, -0.2) is 0 Å². The zero-order valence-electron chi connectivity index (χ0n) is 16.3. The van der Waals surface area contributed by atoms with E-state index in [2.05, 4.69) is 10.2 Å². The molecule has 6 heteroatoms. The van der Waals surface area contributed by atoms with Gasteiger partial charge in [0.2, 0.25) is 5.91 Å². The van der Waals surface area contributed by atoms with Gasteiger partial charge in [-0.2, -0.15) is 0 Å². The summed E-state index contributed by atoms with van der Waals surface area (Å²) in [5.41, 5.74) is 2.11. The number of halogens is 2. The Hall–Kier alpha value is -1.75. The molecule has 1 heterocycles. The van der Waals surface area contributed by atoms with Crippen molar-refractivity contribution in [3.8, 4) is 5.75 Å². The van der Waals surface area contributed by atoms with Crippen LogP contribution in [0.15, 0.2) is 42.5 Å². The number of nitrogens with zero attached hydrogens (tertiary/aromatic N) is 1. The van der Waals surface area contributed by atoms with E-state index in [4.69, 9.17) is 27.9 Å². The van der Waals surface area contributed by atoms with Crippen molar-refractivity contribution in [2.75, 3.05) is 20.2 Å². The van der Waals surface area contributed by atoms with Crippen molar-refractivity contribution < 1.29 is 9.53 Å². The maximum Gasteiger partial charge on any atom is 0.224 e. The van der Waals surface area contributed by atoms with Gasteiger partial charge in [-0.3, -0.25) is 9.69 Å². The highest BCUT2D eigenvalue weighted by Gasteiger charge is 2.27. The second kappa shape index (κ2) is 9.64. The molecule has 0 aliphatic carbocycles. The van der Waals surface area contributed by atoms with Crippen LogP contribution in [0.1, 0.15) is 36.9 Å². The normalized spacial score (nSPS) is 18.5. The number of carbonyl (C=O) groups excluding carboxylic acids is 1. The third kappa shape index (κ3) is 5.40. The van der Waals surface area contributed by atoms with Gasteiger partial charge in [-0.15, -0.1) is 0 Å². The Bertz CT molecular complexity index is 811. The topological polar surface area (TPSA) is 41.6 Å². The zero-order chi connectivity index (χ0) is 20.1. The number of likely N-dealkylation sites (tertiary alicyclic amines) is 1. The zero-order valence-corrected chi connectivity index (χ0v) is 17.8. The number of hydrogen-bond acceptors (Lipinski definition) is 3. The number of rotatable bonds is 6. The summed E-state index contributed by atoms with van der Waals surface area (Å²) in [6.45, 7) is 4.44. The molecule has 0 saturated carbocycles. The Labute approximate surface area is 176 Å². The van der Waals surface area contributed by atoms with Gasteiger partial charge in [0, 0.05) is 23.1 Å². The van der Waals surface area contributed by atoms with Crippen LogP contribution in [-0.4, -0.2) is 31.0 Å². The second-order valence-corrected chi connectivity index (χ2v) is 8.16. The fourth-order valence-electron chi connectivity index (χ4n) is 3.61. The molecule has 1 aliphatic heterocycles. The van der Waals surface area contributed by atoms with Crippen molar-refractivity contribution in [3.05, 3.63) is 63.6 Å². The lowest BCUT2D eigenvalue weighted by Crippen LogP contribution is -2.43. The predicted octanol–water partition coefficient (Wildman–Crippen LogP) is 5.09. The lowest BCUT2D eigenvalue weighted by molar-refractivity contribution is -0.127. The van der Waals surface area contributed by atoms with Crippen LogP contribution in [0.5, 0.6) is 5.75 Å². The van der Waals surface area contributed by atoms with E-state index in [0.29, 0.717) is 10.0 Å². The van der Waals surface area contributed by atoms with Crippen LogP contribution in [0.2, 0.25) is 10.0 Å². The standard InChI is InChI=1S/C22H26Cl2N2O2/c1-15(16-6-9-20(28-2)10-7-16)25-22(27)18-4-3-11-26(14-18)13-17-5-8-19(23)12-21(17)24/h5-10,12,15,18H,3-4,11,13-14H2,1-2H3,(H,25,27)/t15-,18-/m1/s1. The van der Waals surface area contributed by atoms with E-state index < -0.39 is 0 Å². The minimum Gasteiger partial charge on any atom is -0.497 e. The largest absolute Gasteiger partial charge is 0.497 e. The molecule has 28 heavy (non-hydrogen) atoms. The first-order valence-corrected chi connectivity index (χ1v) is 10.3. The fraction of sp³-hybridized carbons (Fsp3) is 0.409.